The smallest absolute Gasteiger partial charge is 0.261 e. The fourth-order valence-corrected chi connectivity index (χ4v) is 3.46. The highest BCUT2D eigenvalue weighted by atomic mass is 16.2. The first-order valence-corrected chi connectivity index (χ1v) is 8.07. The van der Waals surface area contributed by atoms with Crippen LogP contribution in [0, 0.1) is 0 Å². The molecule has 0 saturated carbocycles. The van der Waals surface area contributed by atoms with Gasteiger partial charge in [0.15, 0.2) is 0 Å². The second-order valence-electron chi connectivity index (χ2n) is 6.06. The third kappa shape index (κ3) is 2.42. The van der Waals surface area contributed by atoms with E-state index in [1.807, 2.05) is 36.4 Å². The predicted molar refractivity (Wildman–Crippen MR) is 88.6 cm³/mol. The molecule has 0 bridgehead atoms. The standard InChI is InChI=1S/C18H19N3O2/c22-17-14-5-1-3-13-4-2-6-15(16(13)14)18(23)21(17)12-11-20-9-7-19-8-10-20/h1-6,19H,7-12H2. The van der Waals surface area contributed by atoms with Gasteiger partial charge in [0.1, 0.15) is 0 Å². The minimum atomic E-state index is -0.172. The molecule has 4 rings (SSSR count). The summed E-state index contributed by atoms with van der Waals surface area (Å²) in [6.07, 6.45) is 0. The van der Waals surface area contributed by atoms with Gasteiger partial charge in [-0.3, -0.25) is 19.4 Å². The Morgan fingerprint density at radius 1 is 0.870 bits per heavy atom. The summed E-state index contributed by atoms with van der Waals surface area (Å²) in [4.78, 5) is 29.2. The van der Waals surface area contributed by atoms with E-state index in [9.17, 15) is 9.59 Å². The molecule has 2 aliphatic rings. The van der Waals surface area contributed by atoms with Crippen molar-refractivity contribution in [1.29, 1.82) is 0 Å². The van der Waals surface area contributed by atoms with Gasteiger partial charge in [0.25, 0.3) is 11.8 Å². The van der Waals surface area contributed by atoms with Crippen molar-refractivity contribution in [2.75, 3.05) is 39.3 Å². The summed E-state index contributed by atoms with van der Waals surface area (Å²) in [5, 5.41) is 5.05. The first-order valence-electron chi connectivity index (χ1n) is 8.07. The second-order valence-corrected chi connectivity index (χ2v) is 6.06. The number of hydrogen-bond donors (Lipinski definition) is 1. The van der Waals surface area contributed by atoms with E-state index in [0.29, 0.717) is 17.7 Å². The normalized spacial score (nSPS) is 18.7. The molecule has 2 heterocycles. The van der Waals surface area contributed by atoms with Gasteiger partial charge in [-0.2, -0.15) is 0 Å². The van der Waals surface area contributed by atoms with Crippen LogP contribution in [0.5, 0.6) is 0 Å². The zero-order chi connectivity index (χ0) is 15.8. The zero-order valence-electron chi connectivity index (χ0n) is 12.9. The molecule has 5 heteroatoms. The monoisotopic (exact) mass is 309 g/mol. The molecule has 2 amide bonds. The molecule has 0 radical (unpaired) electrons. The SMILES string of the molecule is O=C1c2cccc3cccc(c23)C(=O)N1CCN1CCNCC1. The predicted octanol–water partition coefficient (Wildman–Crippen LogP) is 1.34. The summed E-state index contributed by atoms with van der Waals surface area (Å²) in [7, 11) is 0. The van der Waals surface area contributed by atoms with E-state index in [4.69, 9.17) is 0 Å². The van der Waals surface area contributed by atoms with Crippen LogP contribution in [0.1, 0.15) is 20.7 Å². The molecule has 0 aliphatic carbocycles. The van der Waals surface area contributed by atoms with Gasteiger partial charge in [-0.25, -0.2) is 0 Å². The quantitative estimate of drug-likeness (QED) is 0.870. The molecule has 0 unspecified atom stereocenters. The highest BCUT2D eigenvalue weighted by molar-refractivity contribution is 6.25. The summed E-state index contributed by atoms with van der Waals surface area (Å²) in [5.41, 5.74) is 1.27. The Hall–Kier alpha value is -2.24. The Balaban J connectivity index is 1.63. The molecular formula is C18H19N3O2. The van der Waals surface area contributed by atoms with Gasteiger partial charge in [-0.05, 0) is 17.5 Å². The number of imide groups is 1. The minimum Gasteiger partial charge on any atom is -0.314 e. The van der Waals surface area contributed by atoms with E-state index in [1.165, 1.54) is 4.90 Å². The van der Waals surface area contributed by atoms with Crippen molar-refractivity contribution in [2.24, 2.45) is 0 Å². The van der Waals surface area contributed by atoms with E-state index in [1.54, 1.807) is 0 Å². The van der Waals surface area contributed by atoms with E-state index in [-0.39, 0.29) is 11.8 Å². The van der Waals surface area contributed by atoms with Crippen molar-refractivity contribution in [3.05, 3.63) is 47.5 Å². The molecular weight excluding hydrogens is 290 g/mol. The lowest BCUT2D eigenvalue weighted by Gasteiger charge is -2.31. The lowest BCUT2D eigenvalue weighted by atomic mass is 9.94. The maximum absolute atomic E-state index is 12.8. The number of carbonyl (C=O) groups excluding carboxylic acids is 2. The van der Waals surface area contributed by atoms with Gasteiger partial charge in [-0.1, -0.05) is 24.3 Å². The maximum Gasteiger partial charge on any atom is 0.261 e. The van der Waals surface area contributed by atoms with Gasteiger partial charge in [0.2, 0.25) is 0 Å². The first kappa shape index (κ1) is 14.4. The molecule has 118 valence electrons. The van der Waals surface area contributed by atoms with Gasteiger partial charge in [0.05, 0.1) is 0 Å². The van der Waals surface area contributed by atoms with E-state index < -0.39 is 0 Å². The zero-order valence-corrected chi connectivity index (χ0v) is 12.9. The molecule has 1 saturated heterocycles. The lowest BCUT2D eigenvalue weighted by Crippen LogP contribution is -2.49. The van der Waals surface area contributed by atoms with Crippen LogP contribution in [-0.4, -0.2) is 60.9 Å². The molecule has 2 aromatic rings. The molecule has 0 spiro atoms. The number of benzene rings is 2. The Kier molecular flexibility index (Phi) is 3.59. The van der Waals surface area contributed by atoms with Crippen molar-refractivity contribution in [2.45, 2.75) is 0 Å². The summed E-state index contributed by atoms with van der Waals surface area (Å²) in [6.45, 7) is 5.03. The summed E-state index contributed by atoms with van der Waals surface area (Å²) in [6, 6.07) is 11.3. The Labute approximate surface area is 134 Å². The van der Waals surface area contributed by atoms with Crippen molar-refractivity contribution < 1.29 is 9.59 Å². The average molecular weight is 309 g/mol. The van der Waals surface area contributed by atoms with Crippen molar-refractivity contribution in [3.8, 4) is 0 Å². The van der Waals surface area contributed by atoms with Gasteiger partial charge in [0, 0.05) is 55.8 Å². The largest absolute Gasteiger partial charge is 0.314 e. The molecule has 1 N–H and O–H groups in total. The van der Waals surface area contributed by atoms with E-state index in [0.717, 1.165) is 43.5 Å². The van der Waals surface area contributed by atoms with Crippen LogP contribution in [0.4, 0.5) is 0 Å². The summed E-state index contributed by atoms with van der Waals surface area (Å²) >= 11 is 0. The van der Waals surface area contributed by atoms with Gasteiger partial charge in [-0.15, -0.1) is 0 Å². The fourth-order valence-electron chi connectivity index (χ4n) is 3.46. The highest BCUT2D eigenvalue weighted by Crippen LogP contribution is 2.29. The summed E-state index contributed by atoms with van der Waals surface area (Å²) in [5.74, 6) is -0.344. The second kappa shape index (κ2) is 5.76. The molecule has 1 fully saturated rings. The number of rotatable bonds is 3. The number of hydrogen-bond acceptors (Lipinski definition) is 4. The lowest BCUT2D eigenvalue weighted by molar-refractivity contribution is 0.0590. The number of nitrogens with one attached hydrogen (secondary N) is 1. The van der Waals surface area contributed by atoms with Crippen LogP contribution < -0.4 is 5.32 Å². The minimum absolute atomic E-state index is 0.172. The Morgan fingerprint density at radius 3 is 2.09 bits per heavy atom. The van der Waals surface area contributed by atoms with Crippen LogP contribution in [0.25, 0.3) is 10.8 Å². The van der Waals surface area contributed by atoms with Crippen LogP contribution in [0.2, 0.25) is 0 Å². The topological polar surface area (TPSA) is 52.7 Å². The van der Waals surface area contributed by atoms with Crippen LogP contribution in [0.3, 0.4) is 0 Å². The molecule has 23 heavy (non-hydrogen) atoms. The van der Waals surface area contributed by atoms with Crippen LogP contribution in [0.15, 0.2) is 36.4 Å². The van der Waals surface area contributed by atoms with E-state index >= 15 is 0 Å². The molecule has 5 nitrogen and oxygen atoms in total. The molecule has 0 aromatic heterocycles. The number of nitrogens with zero attached hydrogens (tertiary/aromatic N) is 2. The number of carbonyl (C=O) groups is 2. The van der Waals surface area contributed by atoms with Crippen molar-refractivity contribution in [3.63, 3.8) is 0 Å². The summed E-state index contributed by atoms with van der Waals surface area (Å²) < 4.78 is 0. The van der Waals surface area contributed by atoms with Crippen LogP contribution in [-0.2, 0) is 0 Å². The molecule has 2 aromatic carbocycles. The van der Waals surface area contributed by atoms with Gasteiger partial charge >= 0.3 is 0 Å². The number of piperazine rings is 1. The third-order valence-corrected chi connectivity index (χ3v) is 4.71. The van der Waals surface area contributed by atoms with Crippen molar-refractivity contribution >= 4 is 22.6 Å². The highest BCUT2D eigenvalue weighted by Gasteiger charge is 2.32. The average Bonchev–Trinajstić information content (AvgIpc) is 2.60. The van der Waals surface area contributed by atoms with Crippen molar-refractivity contribution in [1.82, 2.24) is 15.1 Å². The van der Waals surface area contributed by atoms with Gasteiger partial charge < -0.3 is 5.32 Å². The molecule has 2 aliphatic heterocycles. The Morgan fingerprint density at radius 2 is 1.48 bits per heavy atom. The molecule has 0 atom stereocenters. The number of amides is 2. The van der Waals surface area contributed by atoms with E-state index in [2.05, 4.69) is 10.2 Å². The first-order chi connectivity index (χ1) is 11.3. The van der Waals surface area contributed by atoms with Crippen LogP contribution >= 0.6 is 0 Å². The fraction of sp³-hybridized carbons (Fsp3) is 0.333. The Bertz CT molecular complexity index is 730. The third-order valence-electron chi connectivity index (χ3n) is 4.71. The maximum atomic E-state index is 12.8.